The first kappa shape index (κ1) is 27.2. The van der Waals surface area contributed by atoms with Crippen LogP contribution in [0.25, 0.3) is 11.1 Å². The quantitative estimate of drug-likeness (QED) is 0.343. The van der Waals surface area contributed by atoms with Crippen LogP contribution in [0.3, 0.4) is 0 Å². The zero-order valence-electron chi connectivity index (χ0n) is 20.2. The van der Waals surface area contributed by atoms with Crippen LogP contribution in [0.15, 0.2) is 59.5 Å². The highest BCUT2D eigenvalue weighted by Crippen LogP contribution is 2.28. The van der Waals surface area contributed by atoms with Crippen LogP contribution in [0.4, 0.5) is 5.69 Å². The number of rotatable bonds is 8. The highest BCUT2D eigenvalue weighted by atomic mass is 35.5. The van der Waals surface area contributed by atoms with Gasteiger partial charge in [-0.3, -0.25) is 9.52 Å². The third kappa shape index (κ3) is 6.04. The Morgan fingerprint density at radius 2 is 1.58 bits per heavy atom. The number of nitrogens with one attached hydrogen (secondary N) is 2. The maximum Gasteiger partial charge on any atom is 0.328 e. The second-order valence-corrected chi connectivity index (χ2v) is 10.7. The number of hydrogen-bond donors (Lipinski definition) is 4. The number of anilines is 1. The minimum absolute atomic E-state index is 0.137. The van der Waals surface area contributed by atoms with Crippen molar-refractivity contribution in [2.24, 2.45) is 0 Å². The topological polar surface area (TPSA) is 133 Å². The maximum absolute atomic E-state index is 13.0. The van der Waals surface area contributed by atoms with E-state index in [1.54, 1.807) is 69.3 Å². The summed E-state index contributed by atoms with van der Waals surface area (Å²) in [5, 5.41) is 21.6. The van der Waals surface area contributed by atoms with Gasteiger partial charge in [0, 0.05) is 16.3 Å². The predicted molar refractivity (Wildman–Crippen MR) is 139 cm³/mol. The number of carboxylic acids is 1. The molecule has 190 valence electrons. The Morgan fingerprint density at radius 3 is 2.19 bits per heavy atom. The van der Waals surface area contributed by atoms with Gasteiger partial charge in [-0.15, -0.1) is 0 Å². The van der Waals surface area contributed by atoms with Crippen molar-refractivity contribution in [1.82, 2.24) is 5.32 Å². The van der Waals surface area contributed by atoms with E-state index in [2.05, 4.69) is 10.0 Å². The van der Waals surface area contributed by atoms with E-state index in [9.17, 15) is 28.2 Å². The molecule has 0 bridgehead atoms. The molecule has 2 atom stereocenters. The maximum atomic E-state index is 13.0. The van der Waals surface area contributed by atoms with Crippen molar-refractivity contribution >= 4 is 39.2 Å². The number of aliphatic carboxylic acids is 1. The predicted octanol–water partition coefficient (Wildman–Crippen LogP) is 4.30. The smallest absolute Gasteiger partial charge is 0.328 e. The molecule has 0 radical (unpaired) electrons. The molecule has 3 rings (SSSR count). The molecule has 0 aliphatic carbocycles. The van der Waals surface area contributed by atoms with Crippen LogP contribution in [0.2, 0.25) is 5.02 Å². The third-order valence-electron chi connectivity index (χ3n) is 5.70. The van der Waals surface area contributed by atoms with Gasteiger partial charge in [0.05, 0.1) is 11.0 Å². The lowest BCUT2D eigenvalue weighted by atomic mass is 9.99. The second-order valence-electron chi connectivity index (χ2n) is 8.61. The molecule has 0 aliphatic heterocycles. The Labute approximate surface area is 215 Å². The minimum Gasteiger partial charge on any atom is -0.480 e. The largest absolute Gasteiger partial charge is 0.480 e. The SMILES string of the molecule is Cc1cc(S(=O)(=O)Nc2cccc(-c3ccc(C(=O)N[C@H](C(=O)O)[C@@H](C)O)c(C)c3)c2)c(C)cc1Cl. The molecule has 0 aromatic heterocycles. The molecule has 0 saturated heterocycles. The minimum atomic E-state index is -3.86. The Balaban J connectivity index is 1.86. The van der Waals surface area contributed by atoms with Gasteiger partial charge in [0.2, 0.25) is 0 Å². The zero-order valence-corrected chi connectivity index (χ0v) is 21.7. The normalized spacial score (nSPS) is 13.1. The Morgan fingerprint density at radius 1 is 0.917 bits per heavy atom. The fraction of sp³-hybridized carbons (Fsp3) is 0.231. The van der Waals surface area contributed by atoms with Crippen molar-refractivity contribution in [1.29, 1.82) is 0 Å². The summed E-state index contributed by atoms with van der Waals surface area (Å²) >= 11 is 6.10. The lowest BCUT2D eigenvalue weighted by molar-refractivity contribution is -0.141. The number of aliphatic hydroxyl groups excluding tert-OH is 1. The van der Waals surface area contributed by atoms with Gasteiger partial charge in [-0.1, -0.05) is 35.9 Å². The number of carbonyl (C=O) groups is 2. The van der Waals surface area contributed by atoms with Crippen LogP contribution >= 0.6 is 11.6 Å². The van der Waals surface area contributed by atoms with Gasteiger partial charge in [-0.25, -0.2) is 13.2 Å². The van der Waals surface area contributed by atoms with Gasteiger partial charge in [0.1, 0.15) is 0 Å². The molecule has 0 heterocycles. The van der Waals surface area contributed by atoms with E-state index in [1.165, 1.54) is 13.0 Å². The van der Waals surface area contributed by atoms with Crippen LogP contribution < -0.4 is 10.0 Å². The number of benzene rings is 3. The first-order valence-electron chi connectivity index (χ1n) is 11.0. The number of carboxylic acid groups (broad SMARTS) is 1. The molecule has 3 aromatic rings. The summed E-state index contributed by atoms with van der Waals surface area (Å²) in [6.45, 7) is 6.40. The molecule has 8 nitrogen and oxygen atoms in total. The average molecular weight is 531 g/mol. The fourth-order valence-electron chi connectivity index (χ4n) is 3.72. The molecule has 1 amide bonds. The van der Waals surface area contributed by atoms with Crippen LogP contribution in [-0.4, -0.2) is 42.7 Å². The fourth-order valence-corrected chi connectivity index (χ4v) is 5.30. The first-order valence-corrected chi connectivity index (χ1v) is 12.9. The summed E-state index contributed by atoms with van der Waals surface area (Å²) < 4.78 is 28.7. The Hall–Kier alpha value is -3.40. The highest BCUT2D eigenvalue weighted by Gasteiger charge is 2.26. The van der Waals surface area contributed by atoms with Crippen LogP contribution in [0.1, 0.15) is 34.0 Å². The van der Waals surface area contributed by atoms with Crippen LogP contribution in [0.5, 0.6) is 0 Å². The number of amides is 1. The van der Waals surface area contributed by atoms with E-state index in [0.717, 1.165) is 5.56 Å². The lowest BCUT2D eigenvalue weighted by Gasteiger charge is -2.18. The summed E-state index contributed by atoms with van der Waals surface area (Å²) in [5.41, 5.74) is 3.82. The Kier molecular flexibility index (Phi) is 8.08. The van der Waals surface area contributed by atoms with Crippen molar-refractivity contribution in [2.75, 3.05) is 4.72 Å². The highest BCUT2D eigenvalue weighted by molar-refractivity contribution is 7.92. The third-order valence-corrected chi connectivity index (χ3v) is 7.63. The number of sulfonamides is 1. The van der Waals surface area contributed by atoms with E-state index >= 15 is 0 Å². The molecule has 3 aromatic carbocycles. The van der Waals surface area contributed by atoms with E-state index in [-0.39, 0.29) is 10.5 Å². The number of carbonyl (C=O) groups excluding carboxylic acids is 1. The van der Waals surface area contributed by atoms with E-state index in [4.69, 9.17) is 11.6 Å². The van der Waals surface area contributed by atoms with Crippen molar-refractivity contribution in [2.45, 2.75) is 44.7 Å². The van der Waals surface area contributed by atoms with Crippen molar-refractivity contribution < 1.29 is 28.2 Å². The van der Waals surface area contributed by atoms with Gasteiger partial charge >= 0.3 is 5.97 Å². The van der Waals surface area contributed by atoms with E-state index < -0.39 is 34.0 Å². The van der Waals surface area contributed by atoms with E-state index in [0.29, 0.717) is 33.0 Å². The summed E-state index contributed by atoms with van der Waals surface area (Å²) in [6, 6.07) is 13.5. The first-order chi connectivity index (χ1) is 16.8. The van der Waals surface area contributed by atoms with Crippen molar-refractivity contribution in [3.05, 3.63) is 81.9 Å². The molecule has 0 saturated carbocycles. The second kappa shape index (κ2) is 10.7. The summed E-state index contributed by atoms with van der Waals surface area (Å²) in [5.74, 6) is -1.96. The Bertz CT molecular complexity index is 1440. The molecule has 4 N–H and O–H groups in total. The van der Waals surface area contributed by atoms with Gasteiger partial charge in [-0.2, -0.15) is 0 Å². The summed E-state index contributed by atoms with van der Waals surface area (Å²) in [4.78, 5) is 24.0. The lowest BCUT2D eigenvalue weighted by Crippen LogP contribution is -2.47. The standard InChI is InChI=1S/C26H27ClN2O6S/c1-14-10-19(8-9-21(14)25(31)28-24(17(4)30)26(32)33)18-6-5-7-20(13-18)29-36(34,35)23-12-15(2)22(27)11-16(23)3/h5-13,17,24,29-30H,1-4H3,(H,28,31)(H,32,33)/t17-,24+/m1/s1. The van der Waals surface area contributed by atoms with Crippen LogP contribution in [0, 0.1) is 20.8 Å². The molecule has 0 aliphatic rings. The molecule has 0 fully saturated rings. The molecule has 10 heteroatoms. The van der Waals surface area contributed by atoms with Gasteiger partial charge in [0.25, 0.3) is 15.9 Å². The molecule has 36 heavy (non-hydrogen) atoms. The number of aliphatic hydroxyl groups is 1. The monoisotopic (exact) mass is 530 g/mol. The molecular formula is C26H27ClN2O6S. The molecule has 0 unspecified atom stereocenters. The zero-order chi connectivity index (χ0) is 26.8. The number of halogens is 1. The van der Waals surface area contributed by atoms with E-state index in [1.807, 2.05) is 0 Å². The van der Waals surface area contributed by atoms with Crippen LogP contribution in [-0.2, 0) is 14.8 Å². The van der Waals surface area contributed by atoms with Crippen molar-refractivity contribution in [3.63, 3.8) is 0 Å². The van der Waals surface area contributed by atoms with Crippen molar-refractivity contribution in [3.8, 4) is 11.1 Å². The number of hydrogen-bond acceptors (Lipinski definition) is 5. The van der Waals surface area contributed by atoms with Gasteiger partial charge in [-0.05, 0) is 85.8 Å². The van der Waals surface area contributed by atoms with Gasteiger partial charge in [0.15, 0.2) is 6.04 Å². The molecular weight excluding hydrogens is 504 g/mol. The number of aryl methyl sites for hydroxylation is 3. The molecule has 0 spiro atoms. The summed E-state index contributed by atoms with van der Waals surface area (Å²) in [7, 11) is -3.86. The van der Waals surface area contributed by atoms with Gasteiger partial charge < -0.3 is 15.5 Å². The average Bonchev–Trinajstić information content (AvgIpc) is 2.79. The summed E-state index contributed by atoms with van der Waals surface area (Å²) in [6.07, 6.45) is -1.27.